The number of nitrogens with one attached hydrogen (secondary N) is 1. The molecule has 0 spiro atoms. The fourth-order valence-corrected chi connectivity index (χ4v) is 5.95. The second kappa shape index (κ2) is 14.3. The van der Waals surface area contributed by atoms with Gasteiger partial charge in [-0.3, -0.25) is 5.32 Å². The monoisotopic (exact) mass is 633 g/mol. The molecule has 0 aliphatic heterocycles. The molecule has 7 rings (SSSR count). The highest BCUT2D eigenvalue weighted by Crippen LogP contribution is 2.36. The number of hydrogen-bond acceptors (Lipinski definition) is 7. The van der Waals surface area contributed by atoms with Gasteiger partial charge in [-0.15, -0.1) is 5.10 Å². The standard InChI is InChI=1S/C40H35N5O3/c46-35-19-17-34(18-20-35)45-29-39(43-44-45)38-22-16-30-28-36(21-23-37(30)42-38)48-27-26-47-25-24-41-40(31-10-4-1-5-11-31,32-12-6-2-7-13-32)33-14-8-3-9-15-33/h1-23,28-29,41,46H,24-27H2. The van der Waals surface area contributed by atoms with Gasteiger partial charge < -0.3 is 14.6 Å². The minimum Gasteiger partial charge on any atom is -0.508 e. The lowest BCUT2D eigenvalue weighted by atomic mass is 9.77. The topological polar surface area (TPSA) is 94.3 Å². The van der Waals surface area contributed by atoms with Gasteiger partial charge in [0.15, 0.2) is 0 Å². The summed E-state index contributed by atoms with van der Waals surface area (Å²) in [5.74, 6) is 0.959. The summed E-state index contributed by atoms with van der Waals surface area (Å²) in [5.41, 5.74) is 6.00. The number of pyridine rings is 1. The maximum absolute atomic E-state index is 9.55. The molecule has 0 amide bonds. The van der Waals surface area contributed by atoms with Crippen LogP contribution in [0.3, 0.4) is 0 Å². The van der Waals surface area contributed by atoms with Crippen molar-refractivity contribution in [3.63, 3.8) is 0 Å². The van der Waals surface area contributed by atoms with E-state index in [2.05, 4.69) is 88.4 Å². The number of aromatic hydroxyl groups is 1. The molecule has 2 heterocycles. The van der Waals surface area contributed by atoms with Gasteiger partial charge in [-0.05, 0) is 65.2 Å². The van der Waals surface area contributed by atoms with Crippen LogP contribution in [0.1, 0.15) is 16.7 Å². The van der Waals surface area contributed by atoms with Gasteiger partial charge >= 0.3 is 0 Å². The Morgan fingerprint density at radius 2 is 1.29 bits per heavy atom. The van der Waals surface area contributed by atoms with E-state index in [1.165, 1.54) is 16.7 Å². The Bertz CT molecular complexity index is 1970. The molecule has 0 fully saturated rings. The molecule has 0 aliphatic rings. The molecule has 0 bridgehead atoms. The van der Waals surface area contributed by atoms with Crippen LogP contribution in [-0.2, 0) is 10.3 Å². The molecule has 5 aromatic carbocycles. The Kier molecular flexibility index (Phi) is 9.17. The van der Waals surface area contributed by atoms with Crippen LogP contribution in [0.25, 0.3) is 28.0 Å². The van der Waals surface area contributed by atoms with Crippen molar-refractivity contribution in [1.29, 1.82) is 0 Å². The van der Waals surface area contributed by atoms with Crippen LogP contribution in [0, 0.1) is 0 Å². The Labute approximate surface area is 279 Å². The van der Waals surface area contributed by atoms with Gasteiger partial charge in [-0.25, -0.2) is 9.67 Å². The van der Waals surface area contributed by atoms with Gasteiger partial charge in [-0.1, -0.05) is 102 Å². The first-order chi connectivity index (χ1) is 23.7. The first-order valence-electron chi connectivity index (χ1n) is 15.9. The number of aromatic nitrogens is 4. The number of fused-ring (bicyclic) bond motifs is 1. The molecular formula is C40H35N5O3. The van der Waals surface area contributed by atoms with Crippen molar-refractivity contribution < 1.29 is 14.6 Å². The third-order valence-corrected chi connectivity index (χ3v) is 8.28. The highest BCUT2D eigenvalue weighted by atomic mass is 16.5. The van der Waals surface area contributed by atoms with E-state index in [0.29, 0.717) is 32.1 Å². The summed E-state index contributed by atoms with van der Waals surface area (Å²) in [6.07, 6.45) is 1.82. The summed E-state index contributed by atoms with van der Waals surface area (Å²) in [6, 6.07) is 48.2. The normalized spacial score (nSPS) is 11.5. The Balaban J connectivity index is 0.953. The number of phenolic OH excluding ortho intramolecular Hbond substituents is 1. The van der Waals surface area contributed by atoms with Gasteiger partial charge in [0.1, 0.15) is 23.8 Å². The molecule has 8 heteroatoms. The van der Waals surface area contributed by atoms with Crippen LogP contribution >= 0.6 is 0 Å². The first kappa shape index (κ1) is 30.8. The molecule has 7 aromatic rings. The van der Waals surface area contributed by atoms with Gasteiger partial charge in [0.2, 0.25) is 0 Å². The fourth-order valence-electron chi connectivity index (χ4n) is 5.95. The van der Waals surface area contributed by atoms with Crippen molar-refractivity contribution in [2.24, 2.45) is 0 Å². The summed E-state index contributed by atoms with van der Waals surface area (Å²) in [6.45, 7) is 2.06. The summed E-state index contributed by atoms with van der Waals surface area (Å²) in [4.78, 5) is 4.78. The van der Waals surface area contributed by atoms with E-state index in [-0.39, 0.29) is 5.75 Å². The molecule has 0 unspecified atom stereocenters. The van der Waals surface area contributed by atoms with Crippen LogP contribution < -0.4 is 10.1 Å². The lowest BCUT2D eigenvalue weighted by Crippen LogP contribution is -2.46. The summed E-state index contributed by atoms with van der Waals surface area (Å²) >= 11 is 0. The molecule has 0 aliphatic carbocycles. The highest BCUT2D eigenvalue weighted by Gasteiger charge is 2.35. The van der Waals surface area contributed by atoms with Crippen molar-refractivity contribution >= 4 is 10.9 Å². The molecule has 2 N–H and O–H groups in total. The second-order valence-corrected chi connectivity index (χ2v) is 11.4. The minimum atomic E-state index is -0.522. The number of ether oxygens (including phenoxy) is 2. The molecule has 0 atom stereocenters. The lowest BCUT2D eigenvalue weighted by molar-refractivity contribution is 0.0992. The van der Waals surface area contributed by atoms with E-state index in [9.17, 15) is 5.11 Å². The van der Waals surface area contributed by atoms with Gasteiger partial charge in [0.25, 0.3) is 0 Å². The van der Waals surface area contributed by atoms with Crippen LogP contribution in [0.15, 0.2) is 152 Å². The van der Waals surface area contributed by atoms with Crippen molar-refractivity contribution in [3.8, 4) is 28.6 Å². The van der Waals surface area contributed by atoms with E-state index in [1.807, 2.05) is 54.7 Å². The van der Waals surface area contributed by atoms with Gasteiger partial charge in [0.05, 0.1) is 41.8 Å². The van der Waals surface area contributed by atoms with Crippen LogP contribution in [0.2, 0.25) is 0 Å². The van der Waals surface area contributed by atoms with Crippen molar-refractivity contribution in [2.45, 2.75) is 5.54 Å². The molecule has 48 heavy (non-hydrogen) atoms. The van der Waals surface area contributed by atoms with E-state index >= 15 is 0 Å². The van der Waals surface area contributed by atoms with Gasteiger partial charge in [-0.2, -0.15) is 0 Å². The predicted molar refractivity (Wildman–Crippen MR) is 187 cm³/mol. The maximum Gasteiger partial charge on any atom is 0.131 e. The molecule has 2 aromatic heterocycles. The van der Waals surface area contributed by atoms with Crippen molar-refractivity contribution in [1.82, 2.24) is 25.3 Å². The van der Waals surface area contributed by atoms with E-state index in [0.717, 1.165) is 28.0 Å². The fraction of sp³-hybridized carbons (Fsp3) is 0.125. The second-order valence-electron chi connectivity index (χ2n) is 11.4. The Morgan fingerprint density at radius 1 is 0.646 bits per heavy atom. The van der Waals surface area contributed by atoms with Gasteiger partial charge in [0, 0.05) is 11.9 Å². The Morgan fingerprint density at radius 3 is 1.94 bits per heavy atom. The van der Waals surface area contributed by atoms with E-state index in [1.54, 1.807) is 28.9 Å². The van der Waals surface area contributed by atoms with E-state index < -0.39 is 5.54 Å². The van der Waals surface area contributed by atoms with Crippen LogP contribution in [0.5, 0.6) is 11.5 Å². The first-order valence-corrected chi connectivity index (χ1v) is 15.9. The summed E-state index contributed by atoms with van der Waals surface area (Å²) < 4.78 is 13.7. The Hall–Kier alpha value is -5.83. The summed E-state index contributed by atoms with van der Waals surface area (Å²) in [5, 5.41) is 22.9. The minimum absolute atomic E-state index is 0.201. The molecule has 8 nitrogen and oxygen atoms in total. The third kappa shape index (κ3) is 6.66. The zero-order valence-electron chi connectivity index (χ0n) is 26.3. The third-order valence-electron chi connectivity index (χ3n) is 8.28. The number of hydrogen-bond donors (Lipinski definition) is 2. The average molecular weight is 634 g/mol. The predicted octanol–water partition coefficient (Wildman–Crippen LogP) is 7.17. The molecule has 0 saturated carbocycles. The number of rotatable bonds is 13. The largest absolute Gasteiger partial charge is 0.508 e. The van der Waals surface area contributed by atoms with Crippen molar-refractivity contribution in [3.05, 3.63) is 168 Å². The zero-order valence-corrected chi connectivity index (χ0v) is 26.3. The molecule has 238 valence electrons. The summed E-state index contributed by atoms with van der Waals surface area (Å²) in [7, 11) is 0. The van der Waals surface area contributed by atoms with Crippen LogP contribution in [0.4, 0.5) is 0 Å². The number of phenols is 1. The molecular weight excluding hydrogens is 598 g/mol. The lowest BCUT2D eigenvalue weighted by Gasteiger charge is -2.37. The smallest absolute Gasteiger partial charge is 0.131 e. The number of nitrogens with zero attached hydrogens (tertiary/aromatic N) is 4. The van der Waals surface area contributed by atoms with E-state index in [4.69, 9.17) is 14.5 Å². The number of benzene rings is 5. The molecule has 0 radical (unpaired) electrons. The van der Waals surface area contributed by atoms with Crippen LogP contribution in [-0.4, -0.2) is 51.4 Å². The SMILES string of the molecule is Oc1ccc(-n2cc(-c3ccc4cc(OCCOCCNC(c5ccccc5)(c5ccccc5)c5ccccc5)ccc4n3)nn2)cc1. The quantitative estimate of drug-likeness (QED) is 0.103. The molecule has 0 saturated heterocycles. The zero-order chi connectivity index (χ0) is 32.6. The average Bonchev–Trinajstić information content (AvgIpc) is 3.65. The van der Waals surface area contributed by atoms with Crippen molar-refractivity contribution in [2.75, 3.05) is 26.4 Å². The highest BCUT2D eigenvalue weighted by molar-refractivity contribution is 5.82. The maximum atomic E-state index is 9.55.